The second kappa shape index (κ2) is 6.72. The summed E-state index contributed by atoms with van der Waals surface area (Å²) in [4.78, 5) is 2.53. The molecule has 0 aromatic carbocycles. The zero-order chi connectivity index (χ0) is 12.1. The molecule has 2 fully saturated rings. The lowest BCUT2D eigenvalue weighted by atomic mass is 9.91. The largest absolute Gasteiger partial charge is 0.392 e. The molecule has 2 N–H and O–H groups in total. The molecule has 0 aromatic rings. The van der Waals surface area contributed by atoms with Gasteiger partial charge in [-0.3, -0.25) is 0 Å². The zero-order valence-electron chi connectivity index (χ0n) is 11.2. The van der Waals surface area contributed by atoms with Crippen molar-refractivity contribution in [2.45, 2.75) is 57.6 Å². The van der Waals surface area contributed by atoms with Crippen LogP contribution in [-0.4, -0.2) is 48.3 Å². The minimum Gasteiger partial charge on any atom is -0.392 e. The molecular weight excluding hydrogens is 212 g/mol. The molecule has 1 aliphatic carbocycles. The first-order chi connectivity index (χ1) is 8.29. The molecule has 2 aliphatic rings. The van der Waals surface area contributed by atoms with Gasteiger partial charge >= 0.3 is 0 Å². The van der Waals surface area contributed by atoms with Gasteiger partial charge in [0.1, 0.15) is 0 Å². The molecule has 2 atom stereocenters. The van der Waals surface area contributed by atoms with E-state index in [-0.39, 0.29) is 6.10 Å². The van der Waals surface area contributed by atoms with Crippen molar-refractivity contribution >= 4 is 0 Å². The molecule has 0 spiro atoms. The molecule has 2 rings (SSSR count). The molecule has 1 aliphatic heterocycles. The summed E-state index contributed by atoms with van der Waals surface area (Å²) in [6, 6.07) is 0.368. The Bertz CT molecular complexity index is 214. The molecule has 0 bridgehead atoms. The van der Waals surface area contributed by atoms with Gasteiger partial charge in [-0.1, -0.05) is 19.8 Å². The Morgan fingerprint density at radius 3 is 2.47 bits per heavy atom. The first kappa shape index (κ1) is 13.3. The molecule has 0 amide bonds. The fourth-order valence-corrected chi connectivity index (χ4v) is 3.17. The predicted octanol–water partition coefficient (Wildman–Crippen LogP) is 1.61. The van der Waals surface area contributed by atoms with E-state index in [2.05, 4.69) is 17.1 Å². The summed E-state index contributed by atoms with van der Waals surface area (Å²) in [7, 11) is 0. The summed E-state index contributed by atoms with van der Waals surface area (Å²) in [6.07, 6.45) is 7.19. The van der Waals surface area contributed by atoms with E-state index in [1.54, 1.807) is 0 Å². The van der Waals surface area contributed by atoms with Crippen LogP contribution >= 0.6 is 0 Å². The number of aliphatic hydroxyl groups is 1. The van der Waals surface area contributed by atoms with E-state index in [1.165, 1.54) is 45.3 Å². The Balaban J connectivity index is 1.65. The number of nitrogens with one attached hydrogen (secondary N) is 1. The summed E-state index contributed by atoms with van der Waals surface area (Å²) in [5.74, 6) is 0.826. The molecule has 1 heterocycles. The number of hydrogen-bond donors (Lipinski definition) is 2. The summed E-state index contributed by atoms with van der Waals surface area (Å²) < 4.78 is 0. The van der Waals surface area contributed by atoms with E-state index in [0.29, 0.717) is 6.04 Å². The molecule has 100 valence electrons. The van der Waals surface area contributed by atoms with Gasteiger partial charge in [-0.25, -0.2) is 0 Å². The van der Waals surface area contributed by atoms with Crippen molar-refractivity contribution in [3.05, 3.63) is 0 Å². The van der Waals surface area contributed by atoms with Crippen LogP contribution in [0.3, 0.4) is 0 Å². The van der Waals surface area contributed by atoms with Crippen molar-refractivity contribution in [3.63, 3.8) is 0 Å². The van der Waals surface area contributed by atoms with E-state index in [9.17, 15) is 5.11 Å². The van der Waals surface area contributed by atoms with Crippen LogP contribution in [0.4, 0.5) is 0 Å². The Hall–Kier alpha value is -0.120. The summed E-state index contributed by atoms with van der Waals surface area (Å²) in [6.45, 7) is 7.07. The lowest BCUT2D eigenvalue weighted by Gasteiger charge is -2.34. The minimum absolute atomic E-state index is 0.0977. The van der Waals surface area contributed by atoms with Crippen LogP contribution in [-0.2, 0) is 0 Å². The molecule has 0 radical (unpaired) electrons. The van der Waals surface area contributed by atoms with Crippen molar-refractivity contribution in [2.75, 3.05) is 26.2 Å². The molecule has 0 unspecified atom stereocenters. The van der Waals surface area contributed by atoms with Gasteiger partial charge in [-0.2, -0.15) is 0 Å². The summed E-state index contributed by atoms with van der Waals surface area (Å²) in [5.41, 5.74) is 0. The highest BCUT2D eigenvalue weighted by Crippen LogP contribution is 2.20. The number of hydrogen-bond acceptors (Lipinski definition) is 3. The molecule has 1 saturated heterocycles. The van der Waals surface area contributed by atoms with Gasteiger partial charge in [-0.15, -0.1) is 0 Å². The predicted molar refractivity (Wildman–Crippen MR) is 71.1 cm³/mol. The van der Waals surface area contributed by atoms with E-state index in [0.717, 1.165) is 25.3 Å². The lowest BCUT2D eigenvalue weighted by molar-refractivity contribution is 0.0855. The molecular formula is C14H28N2O. The average Bonchev–Trinajstić information content (AvgIpc) is 2.38. The first-order valence-corrected chi connectivity index (χ1v) is 7.43. The summed E-state index contributed by atoms with van der Waals surface area (Å²) >= 11 is 0. The van der Waals surface area contributed by atoms with Gasteiger partial charge in [0.05, 0.1) is 6.10 Å². The Kier molecular flexibility index (Phi) is 5.26. The van der Waals surface area contributed by atoms with Crippen molar-refractivity contribution in [1.82, 2.24) is 10.2 Å². The van der Waals surface area contributed by atoms with Gasteiger partial charge in [0.15, 0.2) is 0 Å². The molecule has 1 saturated carbocycles. The lowest BCUT2D eigenvalue weighted by Crippen LogP contribution is -2.45. The highest BCUT2D eigenvalue weighted by Gasteiger charge is 2.24. The number of aliphatic hydroxyl groups excluding tert-OH is 1. The van der Waals surface area contributed by atoms with Gasteiger partial charge in [0, 0.05) is 6.04 Å². The maximum atomic E-state index is 9.91. The maximum absolute atomic E-state index is 9.91. The van der Waals surface area contributed by atoms with Crippen LogP contribution in [0.25, 0.3) is 0 Å². The SMILES string of the molecule is CCN1CCC(CN[C@@H]2CCCC[C@H]2O)CC1. The first-order valence-electron chi connectivity index (χ1n) is 7.43. The Labute approximate surface area is 106 Å². The van der Waals surface area contributed by atoms with E-state index >= 15 is 0 Å². The Morgan fingerprint density at radius 1 is 1.12 bits per heavy atom. The standard InChI is InChI=1S/C14H28N2O/c1-2-16-9-7-12(8-10-16)11-15-13-5-3-4-6-14(13)17/h12-15,17H,2-11H2,1H3/t13-,14-/m1/s1. The van der Waals surface area contributed by atoms with Crippen molar-refractivity contribution in [3.8, 4) is 0 Å². The normalized spacial score (nSPS) is 32.8. The molecule has 0 aromatic heterocycles. The smallest absolute Gasteiger partial charge is 0.0693 e. The van der Waals surface area contributed by atoms with Gasteiger partial charge < -0.3 is 15.3 Å². The Morgan fingerprint density at radius 2 is 1.82 bits per heavy atom. The van der Waals surface area contributed by atoms with E-state index in [1.807, 2.05) is 0 Å². The number of rotatable bonds is 4. The third-order valence-corrected chi connectivity index (χ3v) is 4.55. The fourth-order valence-electron chi connectivity index (χ4n) is 3.17. The zero-order valence-corrected chi connectivity index (χ0v) is 11.2. The molecule has 3 nitrogen and oxygen atoms in total. The fraction of sp³-hybridized carbons (Fsp3) is 1.00. The highest BCUT2D eigenvalue weighted by atomic mass is 16.3. The number of piperidine rings is 1. The third-order valence-electron chi connectivity index (χ3n) is 4.55. The molecule has 3 heteroatoms. The second-order valence-electron chi connectivity index (χ2n) is 5.74. The van der Waals surface area contributed by atoms with Crippen LogP contribution < -0.4 is 5.32 Å². The van der Waals surface area contributed by atoms with Gasteiger partial charge in [0.25, 0.3) is 0 Å². The van der Waals surface area contributed by atoms with Crippen molar-refractivity contribution in [2.24, 2.45) is 5.92 Å². The van der Waals surface area contributed by atoms with Crippen LogP contribution in [0.5, 0.6) is 0 Å². The van der Waals surface area contributed by atoms with Crippen LogP contribution in [0.1, 0.15) is 45.4 Å². The topological polar surface area (TPSA) is 35.5 Å². The number of likely N-dealkylation sites (tertiary alicyclic amines) is 1. The average molecular weight is 240 g/mol. The second-order valence-corrected chi connectivity index (χ2v) is 5.74. The number of nitrogens with zero attached hydrogens (tertiary/aromatic N) is 1. The summed E-state index contributed by atoms with van der Waals surface area (Å²) in [5, 5.41) is 13.5. The van der Waals surface area contributed by atoms with Crippen molar-refractivity contribution in [1.29, 1.82) is 0 Å². The van der Waals surface area contributed by atoms with E-state index in [4.69, 9.17) is 0 Å². The van der Waals surface area contributed by atoms with Crippen LogP contribution in [0, 0.1) is 5.92 Å². The highest BCUT2D eigenvalue weighted by molar-refractivity contribution is 4.82. The monoisotopic (exact) mass is 240 g/mol. The molecule has 17 heavy (non-hydrogen) atoms. The third kappa shape index (κ3) is 3.94. The minimum atomic E-state index is -0.0977. The van der Waals surface area contributed by atoms with Gasteiger partial charge in [0.2, 0.25) is 0 Å². The van der Waals surface area contributed by atoms with Crippen molar-refractivity contribution < 1.29 is 5.11 Å². The maximum Gasteiger partial charge on any atom is 0.0693 e. The van der Waals surface area contributed by atoms with Crippen LogP contribution in [0.15, 0.2) is 0 Å². The van der Waals surface area contributed by atoms with Gasteiger partial charge in [-0.05, 0) is 57.8 Å². The van der Waals surface area contributed by atoms with E-state index < -0.39 is 0 Å². The quantitative estimate of drug-likeness (QED) is 0.784. The van der Waals surface area contributed by atoms with Crippen LogP contribution in [0.2, 0.25) is 0 Å².